The van der Waals surface area contributed by atoms with Gasteiger partial charge < -0.3 is 19.3 Å². The molecule has 1 atom stereocenters. The molecule has 0 radical (unpaired) electrons. The van der Waals surface area contributed by atoms with Crippen LogP contribution in [0.4, 0.5) is 13.2 Å². The second-order valence-electron chi connectivity index (χ2n) is 5.44. The SMILES string of the molecule is COc1cc(OC)c2c(c1)OC(c1ccccc1)=CC2(O)C(F)(F)F. The van der Waals surface area contributed by atoms with Crippen molar-refractivity contribution in [3.8, 4) is 17.2 Å². The van der Waals surface area contributed by atoms with Gasteiger partial charge >= 0.3 is 6.18 Å². The lowest BCUT2D eigenvalue weighted by atomic mass is 9.87. The normalized spacial score (nSPS) is 19.5. The number of methoxy groups -OCH3 is 2. The van der Waals surface area contributed by atoms with Crippen LogP contribution in [-0.2, 0) is 5.60 Å². The van der Waals surface area contributed by atoms with E-state index in [1.807, 2.05) is 0 Å². The Balaban J connectivity index is 2.27. The summed E-state index contributed by atoms with van der Waals surface area (Å²) in [6.45, 7) is 0. The van der Waals surface area contributed by atoms with Crippen molar-refractivity contribution in [3.05, 3.63) is 59.7 Å². The van der Waals surface area contributed by atoms with E-state index in [1.54, 1.807) is 30.3 Å². The summed E-state index contributed by atoms with van der Waals surface area (Å²) in [5.41, 5.74) is -3.37. The molecule has 1 aliphatic rings. The molecular weight excluding hydrogens is 337 g/mol. The minimum atomic E-state index is -4.98. The number of ether oxygens (including phenoxy) is 3. The molecule has 7 heteroatoms. The number of rotatable bonds is 3. The van der Waals surface area contributed by atoms with Gasteiger partial charge in [0.25, 0.3) is 0 Å². The monoisotopic (exact) mass is 352 g/mol. The third-order valence-corrected chi connectivity index (χ3v) is 3.93. The van der Waals surface area contributed by atoms with Gasteiger partial charge in [0.2, 0.25) is 5.60 Å². The number of benzene rings is 2. The van der Waals surface area contributed by atoms with Crippen LogP contribution in [0.15, 0.2) is 48.5 Å². The van der Waals surface area contributed by atoms with Crippen LogP contribution in [0.1, 0.15) is 11.1 Å². The zero-order chi connectivity index (χ0) is 18.2. The van der Waals surface area contributed by atoms with Crippen LogP contribution in [0.3, 0.4) is 0 Å². The van der Waals surface area contributed by atoms with Gasteiger partial charge in [0.1, 0.15) is 23.0 Å². The van der Waals surface area contributed by atoms with Gasteiger partial charge in [0.15, 0.2) is 0 Å². The average Bonchev–Trinajstić information content (AvgIpc) is 2.60. The summed E-state index contributed by atoms with van der Waals surface area (Å²) in [4.78, 5) is 0. The fraction of sp³-hybridized carbons (Fsp3) is 0.222. The summed E-state index contributed by atoms with van der Waals surface area (Å²) in [5.74, 6) is -0.229. The third-order valence-electron chi connectivity index (χ3n) is 3.93. The maximum atomic E-state index is 13.8. The van der Waals surface area contributed by atoms with E-state index in [9.17, 15) is 18.3 Å². The number of alkyl halides is 3. The van der Waals surface area contributed by atoms with Gasteiger partial charge in [0.05, 0.1) is 19.8 Å². The molecule has 3 rings (SSSR count). The van der Waals surface area contributed by atoms with Gasteiger partial charge in [-0.1, -0.05) is 30.3 Å². The molecule has 1 N–H and O–H groups in total. The molecule has 0 saturated heterocycles. The predicted octanol–water partition coefficient (Wildman–Crippen LogP) is 3.89. The maximum absolute atomic E-state index is 13.8. The lowest BCUT2D eigenvalue weighted by Gasteiger charge is -2.35. The fourth-order valence-electron chi connectivity index (χ4n) is 2.68. The average molecular weight is 352 g/mol. The highest BCUT2D eigenvalue weighted by atomic mass is 19.4. The van der Waals surface area contributed by atoms with Crippen LogP contribution in [0.5, 0.6) is 17.2 Å². The van der Waals surface area contributed by atoms with E-state index in [4.69, 9.17) is 14.2 Å². The van der Waals surface area contributed by atoms with Crippen LogP contribution < -0.4 is 14.2 Å². The first-order valence-corrected chi connectivity index (χ1v) is 7.32. The summed E-state index contributed by atoms with van der Waals surface area (Å²) in [6.07, 6.45) is -4.33. The van der Waals surface area contributed by atoms with E-state index < -0.39 is 17.3 Å². The Bertz CT molecular complexity index is 815. The van der Waals surface area contributed by atoms with Crippen LogP contribution in [-0.4, -0.2) is 25.5 Å². The molecule has 0 fully saturated rings. The van der Waals surface area contributed by atoms with E-state index in [1.165, 1.54) is 26.4 Å². The maximum Gasteiger partial charge on any atom is 0.425 e. The van der Waals surface area contributed by atoms with E-state index in [2.05, 4.69) is 0 Å². The van der Waals surface area contributed by atoms with Gasteiger partial charge in [-0.15, -0.1) is 0 Å². The molecular formula is C18H15F3O4. The zero-order valence-corrected chi connectivity index (χ0v) is 13.4. The van der Waals surface area contributed by atoms with E-state index in [0.717, 1.165) is 0 Å². The Morgan fingerprint density at radius 3 is 2.28 bits per heavy atom. The lowest BCUT2D eigenvalue weighted by molar-refractivity contribution is -0.246. The summed E-state index contributed by atoms with van der Waals surface area (Å²) in [7, 11) is 2.58. The van der Waals surface area contributed by atoms with Crippen molar-refractivity contribution < 1.29 is 32.5 Å². The van der Waals surface area contributed by atoms with Gasteiger partial charge in [-0.2, -0.15) is 13.2 Å². The highest BCUT2D eigenvalue weighted by Gasteiger charge is 2.58. The second-order valence-corrected chi connectivity index (χ2v) is 5.44. The number of aliphatic hydroxyl groups is 1. The number of hydrogen-bond donors (Lipinski definition) is 1. The molecule has 1 heterocycles. The summed E-state index contributed by atoms with van der Waals surface area (Å²) < 4.78 is 57.0. The van der Waals surface area contributed by atoms with Crippen LogP contribution in [0.2, 0.25) is 0 Å². The number of fused-ring (bicyclic) bond motifs is 1. The number of hydrogen-bond acceptors (Lipinski definition) is 4. The minimum absolute atomic E-state index is 0.108. The Morgan fingerprint density at radius 2 is 1.72 bits per heavy atom. The van der Waals surface area contributed by atoms with E-state index in [0.29, 0.717) is 11.6 Å². The highest BCUT2D eigenvalue weighted by molar-refractivity contribution is 5.70. The highest BCUT2D eigenvalue weighted by Crippen LogP contribution is 2.53. The van der Waals surface area contributed by atoms with Crippen LogP contribution in [0.25, 0.3) is 5.76 Å². The first-order chi connectivity index (χ1) is 11.8. The lowest BCUT2D eigenvalue weighted by Crippen LogP contribution is -2.43. The zero-order valence-electron chi connectivity index (χ0n) is 13.4. The first-order valence-electron chi connectivity index (χ1n) is 7.32. The van der Waals surface area contributed by atoms with Crippen molar-refractivity contribution in [1.29, 1.82) is 0 Å². The quantitative estimate of drug-likeness (QED) is 0.911. The molecule has 2 aromatic carbocycles. The second kappa shape index (κ2) is 6.00. The Morgan fingerprint density at radius 1 is 1.04 bits per heavy atom. The van der Waals surface area contributed by atoms with E-state index in [-0.39, 0.29) is 23.0 Å². The van der Waals surface area contributed by atoms with Crippen LogP contribution >= 0.6 is 0 Å². The molecule has 1 unspecified atom stereocenters. The van der Waals surface area contributed by atoms with Crippen molar-refractivity contribution in [1.82, 2.24) is 0 Å². The molecule has 0 amide bonds. The molecule has 0 saturated carbocycles. The Hall–Kier alpha value is -2.67. The van der Waals surface area contributed by atoms with Crippen molar-refractivity contribution in [2.24, 2.45) is 0 Å². The molecule has 0 aromatic heterocycles. The molecule has 2 aromatic rings. The van der Waals surface area contributed by atoms with Gasteiger partial charge in [-0.25, -0.2) is 0 Å². The van der Waals surface area contributed by atoms with Crippen molar-refractivity contribution in [2.45, 2.75) is 11.8 Å². The third kappa shape index (κ3) is 2.80. The summed E-state index contributed by atoms with van der Waals surface area (Å²) in [5, 5.41) is 10.6. The molecule has 1 aliphatic heterocycles. The minimum Gasteiger partial charge on any atom is -0.496 e. The van der Waals surface area contributed by atoms with Gasteiger partial charge in [-0.3, -0.25) is 0 Å². The van der Waals surface area contributed by atoms with Crippen LogP contribution in [0, 0.1) is 0 Å². The van der Waals surface area contributed by atoms with Crippen molar-refractivity contribution in [2.75, 3.05) is 14.2 Å². The van der Waals surface area contributed by atoms with Crippen molar-refractivity contribution >= 4 is 5.76 Å². The summed E-state index contributed by atoms with van der Waals surface area (Å²) in [6, 6.07) is 10.8. The van der Waals surface area contributed by atoms with Gasteiger partial charge in [0, 0.05) is 23.8 Å². The molecule has 25 heavy (non-hydrogen) atoms. The van der Waals surface area contributed by atoms with Gasteiger partial charge in [-0.05, 0) is 0 Å². The largest absolute Gasteiger partial charge is 0.496 e. The van der Waals surface area contributed by atoms with E-state index >= 15 is 0 Å². The smallest absolute Gasteiger partial charge is 0.425 e. The predicted molar refractivity (Wildman–Crippen MR) is 84.5 cm³/mol. The topological polar surface area (TPSA) is 47.9 Å². The Labute approximate surface area is 142 Å². The summed E-state index contributed by atoms with van der Waals surface area (Å²) >= 11 is 0. The number of halogens is 3. The molecule has 132 valence electrons. The fourth-order valence-corrected chi connectivity index (χ4v) is 2.68. The first kappa shape index (κ1) is 17.2. The molecule has 4 nitrogen and oxygen atoms in total. The Kier molecular flexibility index (Phi) is 4.12. The molecule has 0 aliphatic carbocycles. The molecule has 0 bridgehead atoms. The standard InChI is InChI=1S/C18H15F3O4/c1-23-12-8-13(24-2)16-14(9-12)25-15(11-6-4-3-5-7-11)10-17(16,22)18(19,20)21/h3-10,22H,1-2H3. The molecule has 0 spiro atoms. The van der Waals surface area contributed by atoms with Crippen molar-refractivity contribution in [3.63, 3.8) is 0 Å².